The lowest BCUT2D eigenvalue weighted by Gasteiger charge is -2.32. The van der Waals surface area contributed by atoms with Crippen LogP contribution in [0.2, 0.25) is 0 Å². The number of aliphatic hydroxyl groups excluding tert-OH is 1. The Morgan fingerprint density at radius 2 is 1.96 bits per heavy atom. The van der Waals surface area contributed by atoms with E-state index in [1.807, 2.05) is 18.9 Å². The number of hydrogen-bond donors (Lipinski definition) is 1. The second-order valence-corrected chi connectivity index (χ2v) is 7.07. The summed E-state index contributed by atoms with van der Waals surface area (Å²) in [4.78, 5) is 16.3. The highest BCUT2D eigenvalue weighted by molar-refractivity contribution is 5.75. The van der Waals surface area contributed by atoms with Gasteiger partial charge in [-0.25, -0.2) is 0 Å². The van der Waals surface area contributed by atoms with Gasteiger partial charge in [-0.3, -0.25) is 9.69 Å². The Labute approximate surface area is 143 Å². The summed E-state index contributed by atoms with van der Waals surface area (Å²) in [5.74, 6) is 2.48. The first-order valence-electron chi connectivity index (χ1n) is 9.14. The normalized spacial score (nSPS) is 23.6. The molecule has 0 saturated carbocycles. The topological polar surface area (TPSA) is 74.5 Å². The summed E-state index contributed by atoms with van der Waals surface area (Å²) in [5, 5.41) is 18.5. The molecule has 7 heteroatoms. The van der Waals surface area contributed by atoms with Gasteiger partial charge >= 0.3 is 0 Å². The molecule has 3 heterocycles. The standard InChI is InChI=1S/C17H29N5O2/c1-3-16(24)22-8-4-5-13(11-22)17-19-18-15(20(17)2)12-21-9-6-14(23)7-10-21/h13-14,23H,3-12H2,1-2H3/t13-/m1/s1. The Morgan fingerprint density at radius 3 is 2.67 bits per heavy atom. The van der Waals surface area contributed by atoms with Gasteiger partial charge in [-0.1, -0.05) is 6.92 Å². The Hall–Kier alpha value is -1.47. The SMILES string of the molecule is CCC(=O)N1CCC[C@@H](c2nnc(CN3CCC(O)CC3)n2C)C1. The van der Waals surface area contributed by atoms with Gasteiger partial charge in [0.1, 0.15) is 11.6 Å². The van der Waals surface area contributed by atoms with Crippen molar-refractivity contribution in [1.82, 2.24) is 24.6 Å². The van der Waals surface area contributed by atoms with Crippen LogP contribution in [0.3, 0.4) is 0 Å². The number of carbonyl (C=O) groups is 1. The quantitative estimate of drug-likeness (QED) is 0.884. The molecule has 0 spiro atoms. The smallest absolute Gasteiger partial charge is 0.222 e. The largest absolute Gasteiger partial charge is 0.393 e. The fourth-order valence-electron chi connectivity index (χ4n) is 3.78. The minimum atomic E-state index is -0.152. The van der Waals surface area contributed by atoms with Crippen LogP contribution in [0.1, 0.15) is 56.6 Å². The first-order chi connectivity index (χ1) is 11.6. The summed E-state index contributed by atoms with van der Waals surface area (Å²) in [5.41, 5.74) is 0. The monoisotopic (exact) mass is 335 g/mol. The maximum absolute atomic E-state index is 12.0. The summed E-state index contributed by atoms with van der Waals surface area (Å²) < 4.78 is 2.11. The molecule has 0 radical (unpaired) electrons. The Kier molecular flexibility index (Phi) is 5.50. The van der Waals surface area contributed by atoms with Gasteiger partial charge in [-0.2, -0.15) is 0 Å². The van der Waals surface area contributed by atoms with Crippen LogP contribution in [0.4, 0.5) is 0 Å². The molecule has 134 valence electrons. The van der Waals surface area contributed by atoms with E-state index < -0.39 is 0 Å². The minimum Gasteiger partial charge on any atom is -0.393 e. The number of aromatic nitrogens is 3. The molecule has 2 fully saturated rings. The van der Waals surface area contributed by atoms with Crippen molar-refractivity contribution in [3.05, 3.63) is 11.6 Å². The predicted molar refractivity (Wildman–Crippen MR) is 90.4 cm³/mol. The summed E-state index contributed by atoms with van der Waals surface area (Å²) >= 11 is 0. The molecule has 24 heavy (non-hydrogen) atoms. The van der Waals surface area contributed by atoms with Crippen LogP contribution < -0.4 is 0 Å². The van der Waals surface area contributed by atoms with Crippen LogP contribution in [0.25, 0.3) is 0 Å². The molecule has 1 aromatic heterocycles. The van der Waals surface area contributed by atoms with E-state index in [0.29, 0.717) is 6.42 Å². The maximum atomic E-state index is 12.0. The van der Waals surface area contributed by atoms with Gasteiger partial charge in [0, 0.05) is 45.6 Å². The molecular weight excluding hydrogens is 306 g/mol. The van der Waals surface area contributed by atoms with Gasteiger partial charge in [-0.15, -0.1) is 10.2 Å². The van der Waals surface area contributed by atoms with E-state index in [4.69, 9.17) is 0 Å². The number of aliphatic hydroxyl groups is 1. The summed E-state index contributed by atoms with van der Waals surface area (Å²) in [6.07, 6.45) is 4.18. The number of carbonyl (C=O) groups excluding carboxylic acids is 1. The lowest BCUT2D eigenvalue weighted by Crippen LogP contribution is -2.39. The molecule has 2 saturated heterocycles. The highest BCUT2D eigenvalue weighted by atomic mass is 16.3. The van der Waals surface area contributed by atoms with Crippen molar-refractivity contribution in [2.75, 3.05) is 26.2 Å². The highest BCUT2D eigenvalue weighted by Crippen LogP contribution is 2.26. The van der Waals surface area contributed by atoms with Crippen LogP contribution in [0.15, 0.2) is 0 Å². The van der Waals surface area contributed by atoms with Crippen molar-refractivity contribution in [3.8, 4) is 0 Å². The second kappa shape index (κ2) is 7.61. The van der Waals surface area contributed by atoms with E-state index in [1.165, 1.54) is 0 Å². The fraction of sp³-hybridized carbons (Fsp3) is 0.824. The van der Waals surface area contributed by atoms with Crippen molar-refractivity contribution in [3.63, 3.8) is 0 Å². The van der Waals surface area contributed by atoms with Gasteiger partial charge in [0.2, 0.25) is 5.91 Å². The van der Waals surface area contributed by atoms with Gasteiger partial charge in [0.15, 0.2) is 0 Å². The van der Waals surface area contributed by atoms with E-state index in [1.54, 1.807) is 0 Å². The molecule has 1 atom stereocenters. The second-order valence-electron chi connectivity index (χ2n) is 7.07. The molecule has 7 nitrogen and oxygen atoms in total. The van der Waals surface area contributed by atoms with Crippen LogP contribution >= 0.6 is 0 Å². The molecule has 0 aromatic carbocycles. The third-order valence-corrected chi connectivity index (χ3v) is 5.36. The highest BCUT2D eigenvalue weighted by Gasteiger charge is 2.28. The Morgan fingerprint density at radius 1 is 1.21 bits per heavy atom. The Bertz CT molecular complexity index is 565. The Balaban J connectivity index is 1.65. The minimum absolute atomic E-state index is 0.152. The number of hydrogen-bond acceptors (Lipinski definition) is 5. The van der Waals surface area contributed by atoms with E-state index in [0.717, 1.165) is 70.1 Å². The molecule has 1 N–H and O–H groups in total. The first kappa shape index (κ1) is 17.4. The zero-order chi connectivity index (χ0) is 17.1. The molecule has 0 bridgehead atoms. The van der Waals surface area contributed by atoms with Crippen LogP contribution in [-0.2, 0) is 18.4 Å². The van der Waals surface area contributed by atoms with E-state index in [-0.39, 0.29) is 17.9 Å². The number of amides is 1. The number of piperidine rings is 2. The molecular formula is C17H29N5O2. The molecule has 1 amide bonds. The lowest BCUT2D eigenvalue weighted by molar-refractivity contribution is -0.132. The van der Waals surface area contributed by atoms with Crippen molar-refractivity contribution < 1.29 is 9.90 Å². The van der Waals surface area contributed by atoms with Crippen LogP contribution in [-0.4, -0.2) is 67.9 Å². The third kappa shape index (κ3) is 3.78. The molecule has 0 unspecified atom stereocenters. The molecule has 0 aliphatic carbocycles. The van der Waals surface area contributed by atoms with Crippen LogP contribution in [0, 0.1) is 0 Å². The average molecular weight is 335 g/mol. The molecule has 2 aliphatic heterocycles. The third-order valence-electron chi connectivity index (χ3n) is 5.36. The molecule has 2 aliphatic rings. The van der Waals surface area contributed by atoms with Crippen molar-refractivity contribution in [1.29, 1.82) is 0 Å². The van der Waals surface area contributed by atoms with Gasteiger partial charge < -0.3 is 14.6 Å². The number of nitrogens with zero attached hydrogens (tertiary/aromatic N) is 5. The van der Waals surface area contributed by atoms with Crippen molar-refractivity contribution >= 4 is 5.91 Å². The number of likely N-dealkylation sites (tertiary alicyclic amines) is 2. The fourth-order valence-corrected chi connectivity index (χ4v) is 3.78. The van der Waals surface area contributed by atoms with Crippen molar-refractivity contribution in [2.24, 2.45) is 7.05 Å². The number of rotatable bonds is 4. The summed E-state index contributed by atoms with van der Waals surface area (Å²) in [7, 11) is 2.03. The van der Waals surface area contributed by atoms with E-state index >= 15 is 0 Å². The molecule has 3 rings (SSSR count). The summed E-state index contributed by atoms with van der Waals surface area (Å²) in [6.45, 7) is 6.14. The first-order valence-corrected chi connectivity index (χ1v) is 9.14. The van der Waals surface area contributed by atoms with Gasteiger partial charge in [0.05, 0.1) is 12.6 Å². The van der Waals surface area contributed by atoms with E-state index in [9.17, 15) is 9.90 Å². The maximum Gasteiger partial charge on any atom is 0.222 e. The van der Waals surface area contributed by atoms with E-state index in [2.05, 4.69) is 19.7 Å². The van der Waals surface area contributed by atoms with Gasteiger partial charge in [-0.05, 0) is 25.7 Å². The zero-order valence-electron chi connectivity index (χ0n) is 14.8. The average Bonchev–Trinajstić information content (AvgIpc) is 2.97. The zero-order valence-corrected chi connectivity index (χ0v) is 14.8. The van der Waals surface area contributed by atoms with Crippen molar-refractivity contribution in [2.45, 2.75) is 57.6 Å². The molecule has 1 aromatic rings. The lowest BCUT2D eigenvalue weighted by atomic mass is 9.97. The summed E-state index contributed by atoms with van der Waals surface area (Å²) in [6, 6.07) is 0. The predicted octanol–water partition coefficient (Wildman–Crippen LogP) is 0.888. The van der Waals surface area contributed by atoms with Gasteiger partial charge in [0.25, 0.3) is 0 Å². The van der Waals surface area contributed by atoms with Crippen LogP contribution in [0.5, 0.6) is 0 Å².